The Hall–Kier alpha value is -1.20. The molecule has 1 fully saturated rings. The van der Waals surface area contributed by atoms with Crippen LogP contribution in [0.3, 0.4) is 0 Å². The summed E-state index contributed by atoms with van der Waals surface area (Å²) in [5.74, 6) is 1.58. The molecule has 1 saturated heterocycles. The summed E-state index contributed by atoms with van der Waals surface area (Å²) in [7, 11) is 1.93. The van der Waals surface area contributed by atoms with Gasteiger partial charge >= 0.3 is 0 Å². The molecule has 0 radical (unpaired) electrons. The summed E-state index contributed by atoms with van der Waals surface area (Å²) < 4.78 is 5.41. The Morgan fingerprint density at radius 1 is 1.33 bits per heavy atom. The molecule has 1 aromatic carbocycles. The third-order valence-corrected chi connectivity index (χ3v) is 4.74. The molecule has 0 aromatic heterocycles. The van der Waals surface area contributed by atoms with Crippen molar-refractivity contribution in [1.29, 1.82) is 0 Å². The number of benzene rings is 1. The summed E-state index contributed by atoms with van der Waals surface area (Å²) in [6.45, 7) is 4.66. The minimum absolute atomic E-state index is 0.209. The van der Waals surface area contributed by atoms with Gasteiger partial charge in [-0.05, 0) is 57.1 Å². The van der Waals surface area contributed by atoms with E-state index < -0.39 is 0 Å². The van der Waals surface area contributed by atoms with Gasteiger partial charge in [0.25, 0.3) is 0 Å². The third kappa shape index (κ3) is 4.93. The van der Waals surface area contributed by atoms with Crippen LogP contribution in [0.4, 0.5) is 0 Å². The highest BCUT2D eigenvalue weighted by molar-refractivity contribution is 8.00. The van der Waals surface area contributed by atoms with Crippen molar-refractivity contribution in [2.24, 2.45) is 0 Å². The van der Waals surface area contributed by atoms with Crippen LogP contribution in [0.5, 0.6) is 5.75 Å². The number of hydrogen-bond donors (Lipinski definition) is 1. The topological polar surface area (TPSA) is 41.6 Å². The Kier molecular flexibility index (Phi) is 6.39. The maximum absolute atomic E-state index is 12.2. The van der Waals surface area contributed by atoms with E-state index in [9.17, 15) is 4.79 Å². The maximum Gasteiger partial charge on any atom is 0.232 e. The van der Waals surface area contributed by atoms with Gasteiger partial charge in [0.15, 0.2) is 0 Å². The van der Waals surface area contributed by atoms with E-state index in [-0.39, 0.29) is 5.91 Å². The fourth-order valence-electron chi connectivity index (χ4n) is 2.44. The first-order valence-electron chi connectivity index (χ1n) is 7.52. The number of hydrogen-bond acceptors (Lipinski definition) is 4. The largest absolute Gasteiger partial charge is 0.494 e. The summed E-state index contributed by atoms with van der Waals surface area (Å²) in [5, 5.41) is 3.33. The van der Waals surface area contributed by atoms with E-state index in [2.05, 4.69) is 5.32 Å². The quantitative estimate of drug-likeness (QED) is 0.819. The molecule has 1 aromatic rings. The van der Waals surface area contributed by atoms with E-state index in [0.29, 0.717) is 18.4 Å². The Bertz CT molecular complexity index is 444. The highest BCUT2D eigenvalue weighted by Crippen LogP contribution is 2.22. The van der Waals surface area contributed by atoms with Crippen molar-refractivity contribution in [3.63, 3.8) is 0 Å². The lowest BCUT2D eigenvalue weighted by atomic mass is 10.1. The van der Waals surface area contributed by atoms with Crippen LogP contribution in [0.15, 0.2) is 29.2 Å². The van der Waals surface area contributed by atoms with Crippen molar-refractivity contribution in [1.82, 2.24) is 10.2 Å². The monoisotopic (exact) mass is 308 g/mol. The smallest absolute Gasteiger partial charge is 0.232 e. The molecular formula is C16H24N2O2S. The van der Waals surface area contributed by atoms with Crippen molar-refractivity contribution in [2.45, 2.75) is 30.7 Å². The molecule has 1 N–H and O–H groups in total. The third-order valence-electron chi connectivity index (χ3n) is 3.75. The summed E-state index contributed by atoms with van der Waals surface area (Å²) in [6.07, 6.45) is 2.10. The molecule has 2 rings (SSSR count). The fraction of sp³-hybridized carbons (Fsp3) is 0.562. The molecule has 0 spiro atoms. The lowest BCUT2D eigenvalue weighted by Crippen LogP contribution is -2.44. The first kappa shape index (κ1) is 16.2. The van der Waals surface area contributed by atoms with Crippen molar-refractivity contribution in [3.05, 3.63) is 24.3 Å². The molecule has 4 nitrogen and oxygen atoms in total. The Morgan fingerprint density at radius 3 is 2.62 bits per heavy atom. The molecule has 1 aliphatic rings. The van der Waals surface area contributed by atoms with Gasteiger partial charge in [-0.15, -0.1) is 11.8 Å². The number of thioether (sulfide) groups is 1. The van der Waals surface area contributed by atoms with Gasteiger partial charge in [0.2, 0.25) is 5.91 Å². The van der Waals surface area contributed by atoms with Crippen LogP contribution in [-0.4, -0.2) is 49.3 Å². The van der Waals surface area contributed by atoms with Gasteiger partial charge in [-0.25, -0.2) is 0 Å². The normalized spacial score (nSPS) is 15.7. The van der Waals surface area contributed by atoms with Gasteiger partial charge in [0.05, 0.1) is 12.4 Å². The number of piperidine rings is 1. The van der Waals surface area contributed by atoms with Crippen LogP contribution in [0.1, 0.15) is 19.8 Å². The fourth-order valence-corrected chi connectivity index (χ4v) is 3.27. The number of nitrogens with zero attached hydrogens (tertiary/aromatic N) is 1. The molecule has 1 aliphatic heterocycles. The van der Waals surface area contributed by atoms with Gasteiger partial charge in [-0.1, -0.05) is 0 Å². The minimum atomic E-state index is 0.209. The Labute approximate surface area is 131 Å². The van der Waals surface area contributed by atoms with Crippen LogP contribution in [0, 0.1) is 0 Å². The highest BCUT2D eigenvalue weighted by Gasteiger charge is 2.21. The second-order valence-electron chi connectivity index (χ2n) is 5.18. The SMILES string of the molecule is CCOc1ccc(SCC(=O)N(C)C2CCNCC2)cc1. The van der Waals surface area contributed by atoms with Gasteiger partial charge in [-0.2, -0.15) is 0 Å². The van der Waals surface area contributed by atoms with Crippen LogP contribution < -0.4 is 10.1 Å². The van der Waals surface area contributed by atoms with Gasteiger partial charge in [0.1, 0.15) is 5.75 Å². The summed E-state index contributed by atoms with van der Waals surface area (Å²) in [4.78, 5) is 15.3. The van der Waals surface area contributed by atoms with Gasteiger partial charge < -0.3 is 15.0 Å². The molecular weight excluding hydrogens is 284 g/mol. The molecule has 1 amide bonds. The van der Waals surface area contributed by atoms with Crippen molar-refractivity contribution >= 4 is 17.7 Å². The van der Waals surface area contributed by atoms with Gasteiger partial charge in [-0.3, -0.25) is 4.79 Å². The zero-order valence-corrected chi connectivity index (χ0v) is 13.6. The standard InChI is InChI=1S/C16H24N2O2S/c1-3-20-14-4-6-15(7-5-14)21-12-16(19)18(2)13-8-10-17-11-9-13/h4-7,13,17H,3,8-12H2,1-2H3. The number of nitrogens with one attached hydrogen (secondary N) is 1. The van der Waals surface area contributed by atoms with E-state index in [1.165, 1.54) is 0 Å². The Balaban J connectivity index is 1.79. The predicted octanol–water partition coefficient (Wildman–Crippen LogP) is 2.39. The van der Waals surface area contributed by atoms with Crippen LogP contribution in [0.2, 0.25) is 0 Å². The van der Waals surface area contributed by atoms with Crippen LogP contribution in [-0.2, 0) is 4.79 Å². The molecule has 21 heavy (non-hydrogen) atoms. The number of carbonyl (C=O) groups excluding carboxylic acids is 1. The molecule has 0 aliphatic carbocycles. The molecule has 1 heterocycles. The van der Waals surface area contributed by atoms with Crippen molar-refractivity contribution < 1.29 is 9.53 Å². The van der Waals surface area contributed by atoms with E-state index in [1.54, 1.807) is 11.8 Å². The predicted molar refractivity (Wildman–Crippen MR) is 87.0 cm³/mol. The van der Waals surface area contributed by atoms with E-state index >= 15 is 0 Å². The molecule has 5 heteroatoms. The lowest BCUT2D eigenvalue weighted by Gasteiger charge is -2.31. The van der Waals surface area contributed by atoms with E-state index in [4.69, 9.17) is 4.74 Å². The maximum atomic E-state index is 12.2. The average molecular weight is 308 g/mol. The molecule has 0 unspecified atom stereocenters. The second kappa shape index (κ2) is 8.29. The molecule has 0 saturated carbocycles. The number of carbonyl (C=O) groups is 1. The highest BCUT2D eigenvalue weighted by atomic mass is 32.2. The molecule has 116 valence electrons. The van der Waals surface area contributed by atoms with Crippen LogP contribution in [0.25, 0.3) is 0 Å². The first-order chi connectivity index (χ1) is 10.2. The summed E-state index contributed by atoms with van der Waals surface area (Å²) in [6, 6.07) is 8.31. The van der Waals surface area contributed by atoms with E-state index in [0.717, 1.165) is 36.6 Å². The number of rotatable bonds is 6. The number of amides is 1. The number of ether oxygens (including phenoxy) is 1. The zero-order valence-electron chi connectivity index (χ0n) is 12.8. The summed E-state index contributed by atoms with van der Waals surface area (Å²) >= 11 is 1.59. The first-order valence-corrected chi connectivity index (χ1v) is 8.51. The van der Waals surface area contributed by atoms with E-state index in [1.807, 2.05) is 43.1 Å². The lowest BCUT2D eigenvalue weighted by molar-refractivity contribution is -0.129. The van der Waals surface area contributed by atoms with Crippen molar-refractivity contribution in [3.8, 4) is 5.75 Å². The second-order valence-corrected chi connectivity index (χ2v) is 6.23. The van der Waals surface area contributed by atoms with Crippen LogP contribution >= 0.6 is 11.8 Å². The summed E-state index contributed by atoms with van der Waals surface area (Å²) in [5.41, 5.74) is 0. The minimum Gasteiger partial charge on any atom is -0.494 e. The molecule has 0 atom stereocenters. The Morgan fingerprint density at radius 2 is 2.00 bits per heavy atom. The zero-order chi connectivity index (χ0) is 15.1. The van der Waals surface area contributed by atoms with Crippen molar-refractivity contribution in [2.75, 3.05) is 32.5 Å². The van der Waals surface area contributed by atoms with Gasteiger partial charge in [0, 0.05) is 18.0 Å². The average Bonchev–Trinajstić information content (AvgIpc) is 2.54. The molecule has 0 bridgehead atoms.